The summed E-state index contributed by atoms with van der Waals surface area (Å²) in [7, 11) is 0. The summed E-state index contributed by atoms with van der Waals surface area (Å²) < 4.78 is 6.23. The van der Waals surface area contributed by atoms with Crippen LogP contribution in [-0.2, 0) is 6.54 Å². The first-order valence-electron chi connectivity index (χ1n) is 11.5. The molecule has 1 aromatic heterocycles. The van der Waals surface area contributed by atoms with Crippen LogP contribution in [-0.4, -0.2) is 47.1 Å². The Morgan fingerprint density at radius 1 is 0.933 bits per heavy atom. The van der Waals surface area contributed by atoms with Crippen molar-refractivity contribution in [2.45, 2.75) is 51.6 Å². The van der Waals surface area contributed by atoms with Crippen molar-refractivity contribution in [3.05, 3.63) is 53.6 Å². The normalized spacial score (nSPS) is 19.5. The Kier molecular flexibility index (Phi) is 5.53. The number of hydrogen-bond donors (Lipinski definition) is 1. The molecule has 0 amide bonds. The number of aromatic hydroxyl groups is 1. The Morgan fingerprint density at radius 3 is 2.40 bits per heavy atom. The highest BCUT2D eigenvalue weighted by molar-refractivity contribution is 5.91. The fraction of sp³-hybridized carbons (Fsp3) is 0.462. The molecule has 2 saturated heterocycles. The molecule has 158 valence electrons. The average Bonchev–Trinajstić information content (AvgIpc) is 3.14. The maximum Gasteiger partial charge on any atom is 0.138 e. The van der Waals surface area contributed by atoms with Gasteiger partial charge in [-0.05, 0) is 70.9 Å². The number of fused-ring (bicyclic) bond motifs is 1. The number of nitrogens with zero attached hydrogens (tertiary/aromatic N) is 2. The van der Waals surface area contributed by atoms with Crippen molar-refractivity contribution >= 4 is 11.0 Å². The third kappa shape index (κ3) is 3.75. The van der Waals surface area contributed by atoms with Gasteiger partial charge in [-0.25, -0.2) is 0 Å². The summed E-state index contributed by atoms with van der Waals surface area (Å²) in [6, 6.07) is 14.7. The largest absolute Gasteiger partial charge is 0.508 e. The fourth-order valence-corrected chi connectivity index (χ4v) is 5.39. The summed E-state index contributed by atoms with van der Waals surface area (Å²) in [5, 5.41) is 11.8. The lowest BCUT2D eigenvalue weighted by molar-refractivity contribution is 0.0895. The number of piperidine rings is 2. The van der Waals surface area contributed by atoms with Gasteiger partial charge in [-0.2, -0.15) is 0 Å². The summed E-state index contributed by atoms with van der Waals surface area (Å²) >= 11 is 0. The van der Waals surface area contributed by atoms with Crippen LogP contribution in [0.3, 0.4) is 0 Å². The highest BCUT2D eigenvalue weighted by Crippen LogP contribution is 2.38. The highest BCUT2D eigenvalue weighted by Gasteiger charge is 2.27. The van der Waals surface area contributed by atoms with Crippen LogP contribution in [0.4, 0.5) is 0 Å². The van der Waals surface area contributed by atoms with Crippen molar-refractivity contribution in [2.24, 2.45) is 0 Å². The van der Waals surface area contributed by atoms with E-state index < -0.39 is 0 Å². The van der Waals surface area contributed by atoms with Crippen molar-refractivity contribution in [2.75, 3.05) is 26.2 Å². The molecule has 2 aliphatic rings. The van der Waals surface area contributed by atoms with Gasteiger partial charge in [0.1, 0.15) is 17.1 Å². The minimum atomic E-state index is 0.379. The SMILES string of the molecule is Cc1c(-c2ccccc2)oc2ccc(O)c(CN3CCC(N4CCCCC4)CC3)c12. The molecule has 0 spiro atoms. The number of rotatable bonds is 4. The van der Waals surface area contributed by atoms with E-state index in [0.29, 0.717) is 5.75 Å². The Hall–Kier alpha value is -2.30. The second-order valence-corrected chi connectivity index (χ2v) is 8.96. The summed E-state index contributed by atoms with van der Waals surface area (Å²) in [5.41, 5.74) is 4.07. The third-order valence-corrected chi connectivity index (χ3v) is 7.06. The molecule has 0 unspecified atom stereocenters. The zero-order valence-electron chi connectivity index (χ0n) is 17.9. The van der Waals surface area contributed by atoms with E-state index in [0.717, 1.165) is 59.1 Å². The van der Waals surface area contributed by atoms with Crippen molar-refractivity contribution in [3.8, 4) is 17.1 Å². The molecular weight excluding hydrogens is 372 g/mol. The minimum absolute atomic E-state index is 0.379. The summed E-state index contributed by atoms with van der Waals surface area (Å²) in [4.78, 5) is 5.22. The first kappa shape index (κ1) is 19.7. The Balaban J connectivity index is 1.37. The van der Waals surface area contributed by atoms with Crippen molar-refractivity contribution in [1.29, 1.82) is 0 Å². The Bertz CT molecular complexity index is 997. The van der Waals surface area contributed by atoms with Crippen molar-refractivity contribution in [3.63, 3.8) is 0 Å². The van der Waals surface area contributed by atoms with Crippen LogP contribution in [0.15, 0.2) is 46.9 Å². The molecular formula is C26H32N2O2. The highest BCUT2D eigenvalue weighted by atomic mass is 16.3. The van der Waals surface area contributed by atoms with E-state index in [1.54, 1.807) is 6.07 Å². The van der Waals surface area contributed by atoms with Crippen LogP contribution < -0.4 is 0 Å². The molecule has 0 bridgehead atoms. The molecule has 3 heterocycles. The van der Waals surface area contributed by atoms with E-state index in [1.165, 1.54) is 45.2 Å². The number of aryl methyl sites for hydroxylation is 1. The topological polar surface area (TPSA) is 39.9 Å². The Morgan fingerprint density at radius 2 is 1.67 bits per heavy atom. The van der Waals surface area contributed by atoms with Crippen LogP contribution in [0.5, 0.6) is 5.75 Å². The monoisotopic (exact) mass is 404 g/mol. The lowest BCUT2D eigenvalue weighted by Gasteiger charge is -2.40. The van der Waals surface area contributed by atoms with Gasteiger partial charge in [-0.3, -0.25) is 4.90 Å². The average molecular weight is 405 g/mol. The first-order valence-corrected chi connectivity index (χ1v) is 11.5. The molecule has 3 aromatic rings. The van der Waals surface area contributed by atoms with E-state index in [4.69, 9.17) is 4.42 Å². The van der Waals surface area contributed by atoms with E-state index in [1.807, 2.05) is 24.3 Å². The summed E-state index contributed by atoms with van der Waals surface area (Å²) in [6.45, 7) is 7.64. The predicted octanol–water partition coefficient (Wildman–Crippen LogP) is 5.56. The second kappa shape index (κ2) is 8.44. The standard InChI is InChI=1S/C26H32N2O2/c1-19-25-22(18-27-16-12-21(13-17-27)28-14-6-3-7-15-28)23(29)10-11-24(25)30-26(19)20-8-4-2-5-9-20/h2,4-5,8-11,21,29H,3,6-7,12-18H2,1H3. The molecule has 0 radical (unpaired) electrons. The second-order valence-electron chi connectivity index (χ2n) is 8.96. The molecule has 4 nitrogen and oxygen atoms in total. The van der Waals surface area contributed by atoms with Crippen LogP contribution in [0, 0.1) is 6.92 Å². The maximum atomic E-state index is 10.7. The molecule has 0 aliphatic carbocycles. The first-order chi connectivity index (χ1) is 14.7. The zero-order chi connectivity index (χ0) is 20.5. The van der Waals surface area contributed by atoms with Gasteiger partial charge >= 0.3 is 0 Å². The van der Waals surface area contributed by atoms with Gasteiger partial charge in [0, 0.05) is 34.7 Å². The van der Waals surface area contributed by atoms with Gasteiger partial charge < -0.3 is 14.4 Å². The fourth-order valence-electron chi connectivity index (χ4n) is 5.39. The van der Waals surface area contributed by atoms with Gasteiger partial charge in [0.15, 0.2) is 0 Å². The molecule has 2 fully saturated rings. The molecule has 4 heteroatoms. The van der Waals surface area contributed by atoms with Crippen LogP contribution in [0.1, 0.15) is 43.2 Å². The van der Waals surface area contributed by atoms with Gasteiger partial charge in [0.05, 0.1) is 0 Å². The lowest BCUT2D eigenvalue weighted by Crippen LogP contribution is -2.46. The van der Waals surface area contributed by atoms with Crippen LogP contribution >= 0.6 is 0 Å². The quantitative estimate of drug-likeness (QED) is 0.618. The minimum Gasteiger partial charge on any atom is -0.508 e. The van der Waals surface area contributed by atoms with Crippen LogP contribution in [0.25, 0.3) is 22.3 Å². The van der Waals surface area contributed by atoms with E-state index >= 15 is 0 Å². The summed E-state index contributed by atoms with van der Waals surface area (Å²) in [5.74, 6) is 1.28. The number of benzene rings is 2. The lowest BCUT2D eigenvalue weighted by atomic mass is 9.98. The molecule has 2 aromatic carbocycles. The smallest absolute Gasteiger partial charge is 0.138 e. The van der Waals surface area contributed by atoms with Gasteiger partial charge in [0.25, 0.3) is 0 Å². The number of furan rings is 1. The Labute approximate surface area is 179 Å². The van der Waals surface area contributed by atoms with Gasteiger partial charge in [0.2, 0.25) is 0 Å². The van der Waals surface area contributed by atoms with Gasteiger partial charge in [-0.15, -0.1) is 0 Å². The van der Waals surface area contributed by atoms with Crippen LogP contribution in [0.2, 0.25) is 0 Å². The molecule has 0 saturated carbocycles. The number of likely N-dealkylation sites (tertiary alicyclic amines) is 2. The van der Waals surface area contributed by atoms with E-state index in [2.05, 4.69) is 28.9 Å². The number of phenolic OH excluding ortho intramolecular Hbond substituents is 1. The number of phenols is 1. The van der Waals surface area contributed by atoms with E-state index in [-0.39, 0.29) is 0 Å². The molecule has 5 rings (SSSR count). The van der Waals surface area contributed by atoms with Gasteiger partial charge in [-0.1, -0.05) is 36.8 Å². The summed E-state index contributed by atoms with van der Waals surface area (Å²) in [6.07, 6.45) is 6.58. The van der Waals surface area contributed by atoms with Crippen molar-refractivity contribution < 1.29 is 9.52 Å². The predicted molar refractivity (Wildman–Crippen MR) is 122 cm³/mol. The van der Waals surface area contributed by atoms with Crippen molar-refractivity contribution in [1.82, 2.24) is 9.80 Å². The molecule has 1 N–H and O–H groups in total. The number of hydrogen-bond acceptors (Lipinski definition) is 4. The van der Waals surface area contributed by atoms with E-state index in [9.17, 15) is 5.11 Å². The molecule has 30 heavy (non-hydrogen) atoms. The molecule has 0 atom stereocenters. The third-order valence-electron chi connectivity index (χ3n) is 7.06. The molecule has 2 aliphatic heterocycles. The zero-order valence-corrected chi connectivity index (χ0v) is 17.9. The maximum absolute atomic E-state index is 10.7.